The number of hydrogen-bond acceptors (Lipinski definition) is 6. The zero-order chi connectivity index (χ0) is 15.8. The number of nitrogens with zero attached hydrogens (tertiary/aromatic N) is 2. The Morgan fingerprint density at radius 1 is 1.52 bits per heavy atom. The molecule has 0 bridgehead atoms. The van der Waals surface area contributed by atoms with E-state index in [-0.39, 0.29) is 11.6 Å². The van der Waals surface area contributed by atoms with E-state index in [0.29, 0.717) is 10.4 Å². The first kappa shape index (κ1) is 15.7. The van der Waals surface area contributed by atoms with Gasteiger partial charge in [0.2, 0.25) is 0 Å². The smallest absolute Gasteiger partial charge is 0.322 e. The molecule has 0 unspecified atom stereocenters. The molecule has 1 saturated heterocycles. The fraction of sp³-hybridized carbons (Fsp3) is 0.300. The third-order valence-electron chi connectivity index (χ3n) is 2.83. The van der Waals surface area contributed by atoms with E-state index in [0.717, 1.165) is 23.9 Å². The van der Waals surface area contributed by atoms with Crippen LogP contribution in [0.4, 0.5) is 10.1 Å². The molecule has 1 aromatic rings. The lowest BCUT2D eigenvalue weighted by molar-refractivity contribution is -0.388. The Bertz CT molecular complexity index is 707. The van der Waals surface area contributed by atoms with Gasteiger partial charge in [0.1, 0.15) is 11.9 Å². The number of rotatable bonds is 4. The van der Waals surface area contributed by atoms with E-state index in [1.165, 1.54) is 0 Å². The molecular formula is C10H9FN2O6S2. The minimum absolute atomic E-state index is 0.0452. The van der Waals surface area contributed by atoms with Crippen molar-refractivity contribution in [2.24, 2.45) is 0 Å². The van der Waals surface area contributed by atoms with Crippen molar-refractivity contribution < 1.29 is 27.6 Å². The van der Waals surface area contributed by atoms with Gasteiger partial charge in [-0.15, -0.1) is 11.8 Å². The monoisotopic (exact) mass is 336 g/mol. The summed E-state index contributed by atoms with van der Waals surface area (Å²) in [6.07, 6.45) is 0. The van der Waals surface area contributed by atoms with Crippen molar-refractivity contribution in [3.63, 3.8) is 0 Å². The molecule has 114 valence electrons. The zero-order valence-electron chi connectivity index (χ0n) is 10.3. The van der Waals surface area contributed by atoms with Gasteiger partial charge in [0.15, 0.2) is 4.90 Å². The summed E-state index contributed by atoms with van der Waals surface area (Å²) in [6, 6.07) is 0.736. The van der Waals surface area contributed by atoms with Crippen molar-refractivity contribution in [1.82, 2.24) is 4.31 Å². The van der Waals surface area contributed by atoms with Gasteiger partial charge in [-0.05, 0) is 12.1 Å². The quantitative estimate of drug-likeness (QED) is 0.640. The highest BCUT2D eigenvalue weighted by atomic mass is 32.2. The molecule has 8 nitrogen and oxygen atoms in total. The predicted molar refractivity (Wildman–Crippen MR) is 70.8 cm³/mol. The Morgan fingerprint density at radius 3 is 2.76 bits per heavy atom. The molecule has 0 radical (unpaired) electrons. The molecule has 1 fully saturated rings. The third-order valence-corrected chi connectivity index (χ3v) is 5.91. The highest BCUT2D eigenvalue weighted by Gasteiger charge is 2.42. The zero-order valence-corrected chi connectivity index (χ0v) is 11.9. The van der Waals surface area contributed by atoms with E-state index >= 15 is 0 Å². The number of benzene rings is 1. The first-order chi connectivity index (χ1) is 9.75. The molecule has 0 aromatic heterocycles. The van der Waals surface area contributed by atoms with Gasteiger partial charge in [0.25, 0.3) is 15.7 Å². The van der Waals surface area contributed by atoms with Gasteiger partial charge >= 0.3 is 5.97 Å². The number of carboxylic acids is 1. The standard InChI is InChI=1S/C10H9FN2O6S2/c11-6-1-2-9(7(3-6)13(16)17)21(18,19)12-5-20-4-8(12)10(14)15/h1-3,8H,4-5H2,(H,14,15)/t8-/m0/s1. The molecule has 1 aliphatic heterocycles. The van der Waals surface area contributed by atoms with E-state index in [9.17, 15) is 27.7 Å². The summed E-state index contributed by atoms with van der Waals surface area (Å²) < 4.78 is 38.6. The summed E-state index contributed by atoms with van der Waals surface area (Å²) in [5.74, 6) is -2.38. The minimum atomic E-state index is -4.40. The largest absolute Gasteiger partial charge is 0.480 e. The first-order valence-corrected chi connectivity index (χ1v) is 8.11. The normalized spacial score (nSPS) is 19.6. The minimum Gasteiger partial charge on any atom is -0.480 e. The molecule has 0 aliphatic carbocycles. The highest BCUT2D eigenvalue weighted by molar-refractivity contribution is 8.00. The number of halogens is 1. The van der Waals surface area contributed by atoms with Crippen molar-refractivity contribution in [3.8, 4) is 0 Å². The molecule has 1 N–H and O–H groups in total. The molecule has 1 heterocycles. The molecule has 0 amide bonds. The lowest BCUT2D eigenvalue weighted by Crippen LogP contribution is -2.41. The fourth-order valence-corrected chi connectivity index (χ4v) is 5.11. The molecule has 1 aromatic carbocycles. The molecule has 1 atom stereocenters. The summed E-state index contributed by atoms with van der Waals surface area (Å²) in [5.41, 5.74) is -0.920. The Hall–Kier alpha value is -1.72. The van der Waals surface area contributed by atoms with Gasteiger partial charge in [-0.3, -0.25) is 14.9 Å². The molecule has 0 saturated carbocycles. The summed E-state index contributed by atoms with van der Waals surface area (Å²) >= 11 is 1.08. The Morgan fingerprint density at radius 2 is 2.19 bits per heavy atom. The molecule has 0 spiro atoms. The number of carboxylic acid groups (broad SMARTS) is 1. The average molecular weight is 336 g/mol. The lowest BCUT2D eigenvalue weighted by Gasteiger charge is -2.19. The van der Waals surface area contributed by atoms with Crippen LogP contribution in [0.3, 0.4) is 0 Å². The summed E-state index contributed by atoms with van der Waals surface area (Å²) in [4.78, 5) is 20.2. The molecular weight excluding hydrogens is 327 g/mol. The molecule has 21 heavy (non-hydrogen) atoms. The van der Waals surface area contributed by atoms with Gasteiger partial charge in [0, 0.05) is 5.75 Å². The van der Waals surface area contributed by atoms with Crippen LogP contribution in [0.25, 0.3) is 0 Å². The van der Waals surface area contributed by atoms with Gasteiger partial charge in [-0.1, -0.05) is 0 Å². The second kappa shape index (κ2) is 5.58. The number of thioether (sulfide) groups is 1. The maximum Gasteiger partial charge on any atom is 0.322 e. The summed E-state index contributed by atoms with van der Waals surface area (Å²) in [6.45, 7) is 0. The highest BCUT2D eigenvalue weighted by Crippen LogP contribution is 2.33. The molecule has 11 heteroatoms. The van der Waals surface area contributed by atoms with Crippen molar-refractivity contribution in [3.05, 3.63) is 34.1 Å². The van der Waals surface area contributed by atoms with Gasteiger partial charge in [0.05, 0.1) is 16.9 Å². The van der Waals surface area contributed by atoms with Crippen LogP contribution >= 0.6 is 11.8 Å². The maximum atomic E-state index is 13.1. The van der Waals surface area contributed by atoms with Crippen LogP contribution in [0.15, 0.2) is 23.1 Å². The van der Waals surface area contributed by atoms with E-state index in [2.05, 4.69) is 0 Å². The lowest BCUT2D eigenvalue weighted by atomic mass is 10.3. The Balaban J connectivity index is 2.54. The van der Waals surface area contributed by atoms with Crippen molar-refractivity contribution in [2.45, 2.75) is 10.9 Å². The van der Waals surface area contributed by atoms with Crippen LogP contribution in [0.5, 0.6) is 0 Å². The van der Waals surface area contributed by atoms with Gasteiger partial charge in [-0.2, -0.15) is 4.31 Å². The van der Waals surface area contributed by atoms with Crippen molar-refractivity contribution in [1.29, 1.82) is 0 Å². The van der Waals surface area contributed by atoms with Crippen LogP contribution in [0, 0.1) is 15.9 Å². The maximum absolute atomic E-state index is 13.1. The number of nitro benzene ring substituents is 1. The number of nitro groups is 1. The second-order valence-electron chi connectivity index (χ2n) is 4.12. The van der Waals surface area contributed by atoms with E-state index in [4.69, 9.17) is 5.11 Å². The number of sulfonamides is 1. The average Bonchev–Trinajstić information content (AvgIpc) is 2.88. The van der Waals surface area contributed by atoms with Crippen LogP contribution in [-0.2, 0) is 14.8 Å². The summed E-state index contributed by atoms with van der Waals surface area (Å²) in [7, 11) is -4.40. The van der Waals surface area contributed by atoms with Crippen LogP contribution in [0.1, 0.15) is 0 Å². The van der Waals surface area contributed by atoms with Crippen LogP contribution in [-0.4, -0.2) is 46.4 Å². The second-order valence-corrected chi connectivity index (χ2v) is 6.97. The van der Waals surface area contributed by atoms with Crippen molar-refractivity contribution >= 4 is 33.4 Å². The Labute approximate surface area is 122 Å². The topological polar surface area (TPSA) is 118 Å². The Kier molecular flexibility index (Phi) is 4.16. The fourth-order valence-electron chi connectivity index (χ4n) is 1.84. The van der Waals surface area contributed by atoms with E-state index < -0.39 is 43.4 Å². The number of aliphatic carboxylic acids is 1. The van der Waals surface area contributed by atoms with E-state index in [1.807, 2.05) is 0 Å². The van der Waals surface area contributed by atoms with Gasteiger partial charge in [-0.25, -0.2) is 12.8 Å². The SMILES string of the molecule is O=C(O)[C@@H]1CSCN1S(=O)(=O)c1ccc(F)cc1[N+](=O)[O-]. The summed E-state index contributed by atoms with van der Waals surface area (Å²) in [5, 5.41) is 19.9. The number of carbonyl (C=O) groups is 1. The molecule has 2 rings (SSSR count). The number of hydrogen-bond donors (Lipinski definition) is 1. The van der Waals surface area contributed by atoms with Crippen LogP contribution in [0.2, 0.25) is 0 Å². The first-order valence-electron chi connectivity index (χ1n) is 5.51. The van der Waals surface area contributed by atoms with E-state index in [1.54, 1.807) is 0 Å². The third kappa shape index (κ3) is 2.84. The molecule has 1 aliphatic rings. The van der Waals surface area contributed by atoms with Gasteiger partial charge < -0.3 is 5.11 Å². The van der Waals surface area contributed by atoms with Crippen molar-refractivity contribution in [2.75, 3.05) is 11.6 Å². The predicted octanol–water partition coefficient (Wildman–Crippen LogP) is 0.882. The van der Waals surface area contributed by atoms with Crippen LogP contribution < -0.4 is 0 Å².